The minimum Gasteiger partial charge on any atom is -0.491 e. The van der Waals surface area contributed by atoms with Gasteiger partial charge in [-0.3, -0.25) is 15.0 Å². The molecule has 1 aliphatic rings. The standard InChI is InChI=1S/C33H35FN10O/c1-43(2)12-9-36-24-16-21(15-23(34)18-24)26-7-8-37-32-29(26)39-33(40-32)31-30-28(41-42-31)6-5-27(38-30)22-17-25(20-35-19-22)45-14-13-44-10-3-4-11-44/h5-8,15-20,36H,3-4,9-14H2,1-2H3,(H,41,42)(H,37,39,40). The minimum atomic E-state index is -0.328. The summed E-state index contributed by atoms with van der Waals surface area (Å²) in [6.07, 6.45) is 7.72. The number of aromatic nitrogens is 7. The van der Waals surface area contributed by atoms with Gasteiger partial charge in [0, 0.05) is 48.8 Å². The van der Waals surface area contributed by atoms with Crippen molar-refractivity contribution in [2.45, 2.75) is 12.8 Å². The molecule has 0 saturated carbocycles. The second kappa shape index (κ2) is 12.6. The van der Waals surface area contributed by atoms with E-state index in [1.165, 1.54) is 25.0 Å². The number of halogens is 1. The number of aromatic amines is 2. The molecule has 3 N–H and O–H groups in total. The molecule has 1 fully saturated rings. The van der Waals surface area contributed by atoms with Crippen LogP contribution in [0, 0.1) is 5.82 Å². The molecule has 7 rings (SSSR count). The van der Waals surface area contributed by atoms with Gasteiger partial charge in [0.25, 0.3) is 0 Å². The van der Waals surface area contributed by atoms with Gasteiger partial charge in [0.2, 0.25) is 0 Å². The van der Waals surface area contributed by atoms with Crippen LogP contribution in [0.5, 0.6) is 5.75 Å². The number of ether oxygens (including phenoxy) is 1. The van der Waals surface area contributed by atoms with Crippen molar-refractivity contribution in [1.29, 1.82) is 0 Å². The molecule has 0 radical (unpaired) electrons. The average Bonchev–Trinajstić information content (AvgIpc) is 3.80. The van der Waals surface area contributed by atoms with Crippen LogP contribution in [0.2, 0.25) is 0 Å². The summed E-state index contributed by atoms with van der Waals surface area (Å²) in [4.78, 5) is 26.5. The molecule has 1 saturated heterocycles. The van der Waals surface area contributed by atoms with Gasteiger partial charge < -0.3 is 19.9 Å². The molecular weight excluding hydrogens is 571 g/mol. The molecule has 6 heterocycles. The average molecular weight is 607 g/mol. The highest BCUT2D eigenvalue weighted by atomic mass is 19.1. The number of hydrogen-bond donors (Lipinski definition) is 3. The molecule has 6 aromatic rings. The lowest BCUT2D eigenvalue weighted by molar-refractivity contribution is 0.237. The Labute approximate surface area is 259 Å². The summed E-state index contributed by atoms with van der Waals surface area (Å²) in [7, 11) is 4.00. The van der Waals surface area contributed by atoms with Gasteiger partial charge in [-0.25, -0.2) is 19.3 Å². The molecule has 11 nitrogen and oxygen atoms in total. The van der Waals surface area contributed by atoms with E-state index in [2.05, 4.69) is 40.3 Å². The fourth-order valence-electron chi connectivity index (χ4n) is 5.69. The number of rotatable bonds is 11. The van der Waals surface area contributed by atoms with Crippen LogP contribution < -0.4 is 10.1 Å². The fourth-order valence-corrected chi connectivity index (χ4v) is 5.69. The van der Waals surface area contributed by atoms with Gasteiger partial charge in [-0.2, -0.15) is 5.10 Å². The maximum absolute atomic E-state index is 14.7. The predicted octanol–water partition coefficient (Wildman–Crippen LogP) is 5.21. The quantitative estimate of drug-likeness (QED) is 0.182. The molecule has 0 spiro atoms. The molecule has 0 unspecified atom stereocenters. The van der Waals surface area contributed by atoms with E-state index in [0.29, 0.717) is 58.4 Å². The van der Waals surface area contributed by atoms with E-state index in [-0.39, 0.29) is 5.82 Å². The van der Waals surface area contributed by atoms with E-state index in [9.17, 15) is 4.39 Å². The summed E-state index contributed by atoms with van der Waals surface area (Å²) < 4.78 is 20.7. The van der Waals surface area contributed by atoms with Gasteiger partial charge in [-0.1, -0.05) is 0 Å². The zero-order valence-electron chi connectivity index (χ0n) is 25.3. The van der Waals surface area contributed by atoms with E-state index in [0.717, 1.165) is 48.5 Å². The van der Waals surface area contributed by atoms with Crippen molar-refractivity contribution < 1.29 is 9.13 Å². The monoisotopic (exact) mass is 606 g/mol. The van der Waals surface area contributed by atoms with Gasteiger partial charge >= 0.3 is 0 Å². The molecular formula is C33H35FN10O. The number of anilines is 1. The molecule has 0 atom stereocenters. The number of H-pyrrole nitrogens is 2. The molecule has 1 aliphatic heterocycles. The summed E-state index contributed by atoms with van der Waals surface area (Å²) >= 11 is 0. The fraction of sp³-hybridized carbons (Fsp3) is 0.303. The first-order valence-corrected chi connectivity index (χ1v) is 15.2. The Morgan fingerprint density at radius 1 is 1.00 bits per heavy atom. The van der Waals surface area contributed by atoms with Crippen LogP contribution in [0.15, 0.2) is 61.1 Å². The Kier molecular flexibility index (Phi) is 8.05. The molecule has 5 aromatic heterocycles. The number of imidazole rings is 1. The Morgan fingerprint density at radius 3 is 2.76 bits per heavy atom. The van der Waals surface area contributed by atoms with Gasteiger partial charge in [0.1, 0.15) is 29.2 Å². The molecule has 230 valence electrons. The van der Waals surface area contributed by atoms with Crippen molar-refractivity contribution in [3.05, 3.63) is 66.9 Å². The summed E-state index contributed by atoms with van der Waals surface area (Å²) in [5.74, 6) is 0.898. The van der Waals surface area contributed by atoms with Crippen LogP contribution in [-0.2, 0) is 0 Å². The van der Waals surface area contributed by atoms with E-state index < -0.39 is 0 Å². The lowest BCUT2D eigenvalue weighted by atomic mass is 10.0. The number of benzene rings is 1. The molecule has 12 heteroatoms. The Bertz CT molecular complexity index is 1950. The third-order valence-corrected chi connectivity index (χ3v) is 8.00. The number of fused-ring (bicyclic) bond motifs is 2. The highest BCUT2D eigenvalue weighted by Crippen LogP contribution is 2.33. The van der Waals surface area contributed by atoms with Crippen molar-refractivity contribution in [3.63, 3.8) is 0 Å². The predicted molar refractivity (Wildman–Crippen MR) is 174 cm³/mol. The Morgan fingerprint density at radius 2 is 1.89 bits per heavy atom. The Balaban J connectivity index is 1.17. The highest BCUT2D eigenvalue weighted by Gasteiger charge is 2.18. The van der Waals surface area contributed by atoms with Gasteiger partial charge in [-0.05, 0) is 88.1 Å². The summed E-state index contributed by atoms with van der Waals surface area (Å²) in [5.41, 5.74) is 6.94. The number of nitrogens with zero attached hydrogens (tertiary/aromatic N) is 7. The lowest BCUT2D eigenvalue weighted by Gasteiger charge is -2.15. The number of hydrogen-bond acceptors (Lipinski definition) is 9. The zero-order chi connectivity index (χ0) is 30.8. The van der Waals surface area contributed by atoms with Gasteiger partial charge in [0.15, 0.2) is 17.2 Å². The highest BCUT2D eigenvalue weighted by molar-refractivity contribution is 5.95. The van der Waals surface area contributed by atoms with Crippen molar-refractivity contribution >= 4 is 27.9 Å². The van der Waals surface area contributed by atoms with Gasteiger partial charge in [-0.15, -0.1) is 0 Å². The van der Waals surface area contributed by atoms with Crippen LogP contribution in [0.3, 0.4) is 0 Å². The number of pyridine rings is 3. The van der Waals surface area contributed by atoms with E-state index in [1.54, 1.807) is 18.6 Å². The first-order valence-electron chi connectivity index (χ1n) is 15.2. The molecule has 45 heavy (non-hydrogen) atoms. The largest absolute Gasteiger partial charge is 0.491 e. The summed E-state index contributed by atoms with van der Waals surface area (Å²) in [5, 5.41) is 10.9. The molecule has 0 amide bonds. The second-order valence-corrected chi connectivity index (χ2v) is 11.6. The van der Waals surface area contributed by atoms with Crippen molar-refractivity contribution in [2.75, 3.05) is 58.7 Å². The topological polar surface area (TPSA) is 124 Å². The van der Waals surface area contributed by atoms with Gasteiger partial charge in [0.05, 0.1) is 17.4 Å². The van der Waals surface area contributed by atoms with Crippen LogP contribution >= 0.6 is 0 Å². The van der Waals surface area contributed by atoms with Crippen LogP contribution in [0.4, 0.5) is 10.1 Å². The first-order chi connectivity index (χ1) is 22.0. The summed E-state index contributed by atoms with van der Waals surface area (Å²) in [6, 6.07) is 12.6. The normalized spacial score (nSPS) is 13.8. The van der Waals surface area contributed by atoms with Crippen LogP contribution in [-0.4, -0.2) is 98.3 Å². The van der Waals surface area contributed by atoms with E-state index in [1.807, 2.05) is 44.4 Å². The van der Waals surface area contributed by atoms with Crippen LogP contribution in [0.25, 0.3) is 56.1 Å². The van der Waals surface area contributed by atoms with Crippen molar-refractivity contribution in [3.8, 4) is 39.7 Å². The number of likely N-dealkylation sites (N-methyl/N-ethyl adjacent to an activating group) is 1. The second-order valence-electron chi connectivity index (χ2n) is 11.6. The Hall–Kier alpha value is -4.94. The number of likely N-dealkylation sites (tertiary alicyclic amines) is 1. The van der Waals surface area contributed by atoms with Crippen molar-refractivity contribution in [2.24, 2.45) is 0 Å². The zero-order valence-corrected chi connectivity index (χ0v) is 25.3. The maximum atomic E-state index is 14.7. The van der Waals surface area contributed by atoms with E-state index >= 15 is 0 Å². The van der Waals surface area contributed by atoms with Crippen LogP contribution in [0.1, 0.15) is 12.8 Å². The number of nitrogens with one attached hydrogen (secondary N) is 3. The van der Waals surface area contributed by atoms with Crippen molar-refractivity contribution in [1.82, 2.24) is 44.9 Å². The summed E-state index contributed by atoms with van der Waals surface area (Å²) in [6.45, 7) is 5.34. The minimum absolute atomic E-state index is 0.328. The molecule has 1 aromatic carbocycles. The molecule has 0 bridgehead atoms. The third kappa shape index (κ3) is 6.33. The lowest BCUT2D eigenvalue weighted by Crippen LogP contribution is -2.25. The molecule has 0 aliphatic carbocycles. The smallest absolute Gasteiger partial charge is 0.162 e. The SMILES string of the molecule is CN(C)CCNc1cc(F)cc(-c2ccnc3[nH]c(-c4n[nH]c5ccc(-c6cncc(OCCN7CCCC7)c6)nc45)nc23)c1. The first kappa shape index (κ1) is 28.8. The maximum Gasteiger partial charge on any atom is 0.162 e. The third-order valence-electron chi connectivity index (χ3n) is 8.00. The van der Waals surface area contributed by atoms with E-state index in [4.69, 9.17) is 14.7 Å².